The lowest BCUT2D eigenvalue weighted by Gasteiger charge is -2.18. The predicted octanol–water partition coefficient (Wildman–Crippen LogP) is 4.88. The van der Waals surface area contributed by atoms with E-state index in [1.54, 1.807) is 4.88 Å². The summed E-state index contributed by atoms with van der Waals surface area (Å²) in [5.74, 6) is 0.762. The van der Waals surface area contributed by atoms with Gasteiger partial charge < -0.3 is 5.32 Å². The number of aryl methyl sites for hydroxylation is 1. The molecule has 18 heavy (non-hydrogen) atoms. The fraction of sp³-hybridized carbons (Fsp3) is 0.750. The number of hydrogen-bond acceptors (Lipinski definition) is 2. The zero-order valence-corrected chi connectivity index (χ0v) is 13.1. The first-order chi connectivity index (χ1) is 8.72. The Kier molecular flexibility index (Phi) is 8.36. The summed E-state index contributed by atoms with van der Waals surface area (Å²) in [6, 6.07) is 5.14. The number of rotatable bonds is 10. The second-order valence-corrected chi connectivity index (χ2v) is 6.62. The van der Waals surface area contributed by atoms with E-state index in [0.717, 1.165) is 18.5 Å². The Morgan fingerprint density at radius 2 is 2.06 bits per heavy atom. The highest BCUT2D eigenvalue weighted by atomic mass is 32.1. The van der Waals surface area contributed by atoms with Gasteiger partial charge in [-0.2, -0.15) is 0 Å². The monoisotopic (exact) mass is 267 g/mol. The van der Waals surface area contributed by atoms with Crippen molar-refractivity contribution in [2.45, 2.75) is 65.3 Å². The molecule has 0 aliphatic rings. The second kappa shape index (κ2) is 9.57. The largest absolute Gasteiger partial charge is 0.314 e. The molecule has 0 aliphatic carbocycles. The molecule has 0 bridgehead atoms. The molecule has 1 aromatic heterocycles. The Labute approximate surface area is 117 Å². The van der Waals surface area contributed by atoms with Crippen LogP contribution >= 0.6 is 11.3 Å². The van der Waals surface area contributed by atoms with E-state index in [9.17, 15) is 0 Å². The molecule has 1 heterocycles. The molecule has 0 radical (unpaired) electrons. The van der Waals surface area contributed by atoms with Gasteiger partial charge in [0.25, 0.3) is 0 Å². The molecule has 1 N–H and O–H groups in total. The lowest BCUT2D eigenvalue weighted by Crippen LogP contribution is -2.31. The van der Waals surface area contributed by atoms with Gasteiger partial charge in [0, 0.05) is 10.9 Å². The second-order valence-electron chi connectivity index (χ2n) is 5.59. The Morgan fingerprint density at radius 1 is 1.22 bits per heavy atom. The molecular weight excluding hydrogens is 238 g/mol. The van der Waals surface area contributed by atoms with Crippen LogP contribution in [0.5, 0.6) is 0 Å². The minimum atomic E-state index is 0.731. The van der Waals surface area contributed by atoms with Crippen LogP contribution in [0.4, 0.5) is 0 Å². The van der Waals surface area contributed by atoms with Gasteiger partial charge in [0.05, 0.1) is 0 Å². The van der Waals surface area contributed by atoms with Crippen LogP contribution in [-0.4, -0.2) is 12.6 Å². The number of nitrogens with one attached hydrogen (secondary N) is 1. The maximum atomic E-state index is 3.68. The van der Waals surface area contributed by atoms with Crippen LogP contribution in [0.15, 0.2) is 17.5 Å². The average molecular weight is 267 g/mol. The SMILES string of the molecule is CCC(CCCCCc1cccs1)NCC(C)C. The molecule has 0 amide bonds. The van der Waals surface area contributed by atoms with Crippen molar-refractivity contribution in [2.24, 2.45) is 5.92 Å². The van der Waals surface area contributed by atoms with Gasteiger partial charge in [-0.05, 0) is 49.6 Å². The van der Waals surface area contributed by atoms with Crippen LogP contribution in [0, 0.1) is 5.92 Å². The van der Waals surface area contributed by atoms with Crippen molar-refractivity contribution in [1.82, 2.24) is 5.32 Å². The summed E-state index contributed by atoms with van der Waals surface area (Å²) in [5.41, 5.74) is 0. The topological polar surface area (TPSA) is 12.0 Å². The quantitative estimate of drug-likeness (QED) is 0.596. The summed E-state index contributed by atoms with van der Waals surface area (Å²) in [6.45, 7) is 8.01. The Morgan fingerprint density at radius 3 is 2.67 bits per heavy atom. The summed E-state index contributed by atoms with van der Waals surface area (Å²) >= 11 is 1.89. The molecule has 0 aromatic carbocycles. The van der Waals surface area contributed by atoms with Gasteiger partial charge in [0.2, 0.25) is 0 Å². The van der Waals surface area contributed by atoms with Crippen LogP contribution in [0.2, 0.25) is 0 Å². The number of unbranched alkanes of at least 4 members (excludes halogenated alkanes) is 2. The molecule has 1 atom stereocenters. The standard InChI is InChI=1S/C16H29NS/c1-4-15(17-13-14(2)3)9-6-5-7-10-16-11-8-12-18-16/h8,11-12,14-15,17H,4-7,9-10,13H2,1-3H3. The van der Waals surface area contributed by atoms with Crippen molar-refractivity contribution in [3.63, 3.8) is 0 Å². The lowest BCUT2D eigenvalue weighted by molar-refractivity contribution is 0.417. The van der Waals surface area contributed by atoms with Gasteiger partial charge in [-0.25, -0.2) is 0 Å². The molecule has 1 nitrogen and oxygen atoms in total. The zero-order valence-electron chi connectivity index (χ0n) is 12.2. The maximum absolute atomic E-state index is 3.68. The number of hydrogen-bond donors (Lipinski definition) is 1. The molecule has 1 rings (SSSR count). The highest BCUT2D eigenvalue weighted by Crippen LogP contribution is 2.14. The van der Waals surface area contributed by atoms with Gasteiger partial charge >= 0.3 is 0 Å². The fourth-order valence-electron chi connectivity index (χ4n) is 2.17. The van der Waals surface area contributed by atoms with Gasteiger partial charge in [-0.15, -0.1) is 11.3 Å². The molecule has 0 saturated heterocycles. The van der Waals surface area contributed by atoms with Gasteiger partial charge in [0.15, 0.2) is 0 Å². The minimum absolute atomic E-state index is 0.731. The van der Waals surface area contributed by atoms with E-state index >= 15 is 0 Å². The van der Waals surface area contributed by atoms with Crippen molar-refractivity contribution < 1.29 is 0 Å². The predicted molar refractivity (Wildman–Crippen MR) is 83.4 cm³/mol. The molecule has 0 fully saturated rings. The van der Waals surface area contributed by atoms with E-state index in [-0.39, 0.29) is 0 Å². The molecule has 1 aromatic rings. The summed E-state index contributed by atoms with van der Waals surface area (Å²) in [5, 5.41) is 5.85. The van der Waals surface area contributed by atoms with Crippen LogP contribution in [-0.2, 0) is 6.42 Å². The maximum Gasteiger partial charge on any atom is 0.00645 e. The van der Waals surface area contributed by atoms with E-state index in [4.69, 9.17) is 0 Å². The minimum Gasteiger partial charge on any atom is -0.314 e. The lowest BCUT2D eigenvalue weighted by atomic mass is 10.0. The smallest absolute Gasteiger partial charge is 0.00645 e. The summed E-state index contributed by atoms with van der Waals surface area (Å²) in [4.78, 5) is 1.54. The van der Waals surface area contributed by atoms with Crippen LogP contribution in [0.1, 0.15) is 57.8 Å². The normalized spacial score (nSPS) is 13.1. The van der Waals surface area contributed by atoms with E-state index in [1.165, 1.54) is 38.5 Å². The highest BCUT2D eigenvalue weighted by molar-refractivity contribution is 7.09. The van der Waals surface area contributed by atoms with Crippen LogP contribution in [0.3, 0.4) is 0 Å². The van der Waals surface area contributed by atoms with Crippen LogP contribution < -0.4 is 5.32 Å². The molecular formula is C16H29NS. The van der Waals surface area contributed by atoms with Gasteiger partial charge in [-0.3, -0.25) is 0 Å². The van der Waals surface area contributed by atoms with Crippen molar-refractivity contribution in [2.75, 3.05) is 6.54 Å². The van der Waals surface area contributed by atoms with E-state index < -0.39 is 0 Å². The molecule has 1 unspecified atom stereocenters. The third-order valence-corrected chi connectivity index (χ3v) is 4.30. The number of thiophene rings is 1. The molecule has 0 aliphatic heterocycles. The van der Waals surface area contributed by atoms with Crippen molar-refractivity contribution in [1.29, 1.82) is 0 Å². The Hall–Kier alpha value is -0.340. The summed E-state index contributed by atoms with van der Waals surface area (Å²) in [6.07, 6.45) is 7.97. The first-order valence-electron chi connectivity index (χ1n) is 7.48. The van der Waals surface area contributed by atoms with E-state index in [2.05, 4.69) is 43.6 Å². The van der Waals surface area contributed by atoms with Crippen molar-refractivity contribution in [3.05, 3.63) is 22.4 Å². The third kappa shape index (κ3) is 7.17. The van der Waals surface area contributed by atoms with E-state index in [0.29, 0.717) is 0 Å². The molecule has 104 valence electrons. The fourth-order valence-corrected chi connectivity index (χ4v) is 2.93. The van der Waals surface area contributed by atoms with Crippen LogP contribution in [0.25, 0.3) is 0 Å². The third-order valence-electron chi connectivity index (χ3n) is 3.36. The Bertz CT molecular complexity index is 279. The average Bonchev–Trinajstić information content (AvgIpc) is 2.85. The van der Waals surface area contributed by atoms with Crippen molar-refractivity contribution >= 4 is 11.3 Å². The molecule has 2 heteroatoms. The zero-order chi connectivity index (χ0) is 13.2. The van der Waals surface area contributed by atoms with Gasteiger partial charge in [0.1, 0.15) is 0 Å². The first-order valence-corrected chi connectivity index (χ1v) is 8.36. The van der Waals surface area contributed by atoms with Crippen molar-refractivity contribution in [3.8, 4) is 0 Å². The highest BCUT2D eigenvalue weighted by Gasteiger charge is 2.05. The molecule has 0 saturated carbocycles. The summed E-state index contributed by atoms with van der Waals surface area (Å²) in [7, 11) is 0. The van der Waals surface area contributed by atoms with E-state index in [1.807, 2.05) is 11.3 Å². The Balaban J connectivity index is 2.01. The van der Waals surface area contributed by atoms with Gasteiger partial charge in [-0.1, -0.05) is 39.7 Å². The summed E-state index contributed by atoms with van der Waals surface area (Å²) < 4.78 is 0. The first kappa shape index (κ1) is 15.7. The molecule has 0 spiro atoms.